The van der Waals surface area contributed by atoms with E-state index in [2.05, 4.69) is 9.97 Å². The maximum Gasteiger partial charge on any atom is 0.270 e. The number of rotatable bonds is 2. The van der Waals surface area contributed by atoms with E-state index in [0.29, 0.717) is 5.56 Å². The van der Waals surface area contributed by atoms with Crippen LogP contribution in [0.15, 0.2) is 23.1 Å². The lowest BCUT2D eigenvalue weighted by Crippen LogP contribution is -2.10. The normalized spacial score (nSPS) is 10.4. The highest BCUT2D eigenvalue weighted by atomic mass is 35.5. The summed E-state index contributed by atoms with van der Waals surface area (Å²) in [5, 5.41) is 0.566. The molecule has 2 aromatic heterocycles. The van der Waals surface area contributed by atoms with Crippen LogP contribution in [0.4, 0.5) is 0 Å². The van der Waals surface area contributed by atoms with Crippen molar-refractivity contribution in [2.24, 2.45) is 5.73 Å². The summed E-state index contributed by atoms with van der Waals surface area (Å²) in [6, 6.07) is 0. The Balaban J connectivity index is 2.54. The first-order valence-electron chi connectivity index (χ1n) is 4.14. The number of halogens is 2. The zero-order chi connectivity index (χ0) is 11.7. The Hall–Kier alpha value is -1.59. The van der Waals surface area contributed by atoms with Gasteiger partial charge in [-0.2, -0.15) is 0 Å². The lowest BCUT2D eigenvalue weighted by atomic mass is 10.2. The number of nitrogens with zero attached hydrogens (tertiary/aromatic N) is 2. The van der Waals surface area contributed by atoms with Crippen LogP contribution in [0.1, 0.15) is 10.5 Å². The quantitative estimate of drug-likeness (QED) is 0.894. The summed E-state index contributed by atoms with van der Waals surface area (Å²) in [6.07, 6.45) is 3.94. The third-order valence-electron chi connectivity index (χ3n) is 1.82. The monoisotopic (exact) mass is 257 g/mol. The second-order valence-corrected chi connectivity index (χ2v) is 3.69. The number of pyridine rings is 1. The molecule has 0 bridgehead atoms. The summed E-state index contributed by atoms with van der Waals surface area (Å²) in [7, 11) is 0. The number of carbonyl (C=O) groups excluding carboxylic acids is 1. The van der Waals surface area contributed by atoms with Crippen LogP contribution >= 0.6 is 23.2 Å². The van der Waals surface area contributed by atoms with Gasteiger partial charge >= 0.3 is 0 Å². The van der Waals surface area contributed by atoms with Gasteiger partial charge in [0.1, 0.15) is 6.26 Å². The Bertz CT molecular complexity index is 533. The van der Waals surface area contributed by atoms with Crippen molar-refractivity contribution in [3.05, 3.63) is 34.4 Å². The molecule has 0 fully saturated rings. The van der Waals surface area contributed by atoms with Gasteiger partial charge in [0.05, 0.1) is 15.6 Å². The van der Waals surface area contributed by atoms with Crippen molar-refractivity contribution in [2.75, 3.05) is 0 Å². The van der Waals surface area contributed by atoms with E-state index in [4.69, 9.17) is 33.4 Å². The first-order chi connectivity index (χ1) is 7.59. The summed E-state index contributed by atoms with van der Waals surface area (Å²) in [5.41, 5.74) is 5.43. The number of hydrogen-bond acceptors (Lipinski definition) is 4. The average molecular weight is 258 g/mol. The number of nitrogens with two attached hydrogens (primary N) is 1. The van der Waals surface area contributed by atoms with Crippen LogP contribution in [0.3, 0.4) is 0 Å². The van der Waals surface area contributed by atoms with Crippen LogP contribution in [0.5, 0.6) is 0 Å². The molecule has 0 saturated heterocycles. The molecular weight excluding hydrogens is 253 g/mol. The summed E-state index contributed by atoms with van der Waals surface area (Å²) < 4.78 is 5.07. The fourth-order valence-corrected chi connectivity index (χ4v) is 1.64. The minimum Gasteiger partial charge on any atom is -0.444 e. The molecule has 1 amide bonds. The van der Waals surface area contributed by atoms with E-state index in [1.54, 1.807) is 0 Å². The van der Waals surface area contributed by atoms with Gasteiger partial charge in [-0.1, -0.05) is 23.2 Å². The lowest BCUT2D eigenvalue weighted by Gasteiger charge is -2.00. The van der Waals surface area contributed by atoms with Crippen molar-refractivity contribution in [3.63, 3.8) is 0 Å². The van der Waals surface area contributed by atoms with Crippen molar-refractivity contribution >= 4 is 29.1 Å². The van der Waals surface area contributed by atoms with Gasteiger partial charge in [0.2, 0.25) is 5.89 Å². The number of aromatic nitrogens is 2. The molecule has 0 unspecified atom stereocenters. The largest absolute Gasteiger partial charge is 0.444 e. The Morgan fingerprint density at radius 1 is 1.31 bits per heavy atom. The van der Waals surface area contributed by atoms with Gasteiger partial charge in [-0.05, 0) is 0 Å². The molecular formula is C9H5Cl2N3O2. The highest BCUT2D eigenvalue weighted by molar-refractivity contribution is 6.38. The second kappa shape index (κ2) is 4.11. The smallest absolute Gasteiger partial charge is 0.270 e. The fraction of sp³-hybridized carbons (Fsp3) is 0. The Morgan fingerprint density at radius 2 is 1.94 bits per heavy atom. The van der Waals surface area contributed by atoms with E-state index >= 15 is 0 Å². The number of amides is 1. The van der Waals surface area contributed by atoms with Crippen molar-refractivity contribution < 1.29 is 9.21 Å². The number of primary amides is 1. The van der Waals surface area contributed by atoms with Gasteiger partial charge in [-0.15, -0.1) is 0 Å². The van der Waals surface area contributed by atoms with Crippen molar-refractivity contribution in [1.29, 1.82) is 0 Å². The maximum atomic E-state index is 10.8. The fourth-order valence-electron chi connectivity index (χ4n) is 1.12. The van der Waals surface area contributed by atoms with Crippen LogP contribution in [0.25, 0.3) is 11.5 Å². The van der Waals surface area contributed by atoms with E-state index < -0.39 is 5.91 Å². The third-order valence-corrected chi connectivity index (χ3v) is 2.40. The molecule has 5 nitrogen and oxygen atoms in total. The van der Waals surface area contributed by atoms with Gasteiger partial charge in [0.25, 0.3) is 5.91 Å². The Morgan fingerprint density at radius 3 is 2.44 bits per heavy atom. The van der Waals surface area contributed by atoms with Gasteiger partial charge in [-0.25, -0.2) is 4.98 Å². The highest BCUT2D eigenvalue weighted by Gasteiger charge is 2.16. The van der Waals surface area contributed by atoms with Crippen molar-refractivity contribution in [2.45, 2.75) is 0 Å². The molecule has 2 heterocycles. The third kappa shape index (κ3) is 1.87. The van der Waals surface area contributed by atoms with Crippen LogP contribution in [-0.4, -0.2) is 15.9 Å². The van der Waals surface area contributed by atoms with E-state index in [9.17, 15) is 4.79 Å². The summed E-state index contributed by atoms with van der Waals surface area (Å²) >= 11 is 11.8. The number of hydrogen-bond donors (Lipinski definition) is 1. The predicted molar refractivity (Wildman–Crippen MR) is 58.3 cm³/mol. The molecule has 82 valence electrons. The van der Waals surface area contributed by atoms with E-state index in [1.165, 1.54) is 12.4 Å². The molecule has 0 aliphatic heterocycles. The first-order valence-corrected chi connectivity index (χ1v) is 4.90. The maximum absolute atomic E-state index is 10.8. The highest BCUT2D eigenvalue weighted by Crippen LogP contribution is 2.32. The minimum absolute atomic E-state index is 0.0129. The molecule has 0 spiro atoms. The van der Waals surface area contributed by atoms with Gasteiger partial charge in [-0.3, -0.25) is 9.78 Å². The molecule has 2 aromatic rings. The topological polar surface area (TPSA) is 82.0 Å². The molecule has 2 rings (SSSR count). The van der Waals surface area contributed by atoms with Gasteiger partial charge in [0, 0.05) is 12.4 Å². The standard InChI is InChI=1S/C9H5Cl2N3O2/c10-4-1-13-2-5(11)7(4)9-14-6(3-16-9)8(12)15/h1-3H,(H2,12,15). The van der Waals surface area contributed by atoms with E-state index in [0.717, 1.165) is 6.26 Å². The number of oxazole rings is 1. The second-order valence-electron chi connectivity index (χ2n) is 2.88. The van der Waals surface area contributed by atoms with Gasteiger partial charge < -0.3 is 10.2 Å². The Kier molecular flexibility index (Phi) is 2.80. The minimum atomic E-state index is -0.684. The number of carbonyl (C=O) groups is 1. The zero-order valence-electron chi connectivity index (χ0n) is 7.78. The molecule has 0 saturated carbocycles. The van der Waals surface area contributed by atoms with Crippen LogP contribution < -0.4 is 5.73 Å². The summed E-state index contributed by atoms with van der Waals surface area (Å²) in [4.78, 5) is 18.5. The summed E-state index contributed by atoms with van der Waals surface area (Å²) in [6.45, 7) is 0. The van der Waals surface area contributed by atoms with Crippen LogP contribution in [-0.2, 0) is 0 Å². The zero-order valence-corrected chi connectivity index (χ0v) is 9.29. The molecule has 0 atom stereocenters. The Labute approximate surface area is 100 Å². The molecule has 16 heavy (non-hydrogen) atoms. The predicted octanol–water partition coefficient (Wildman–Crippen LogP) is 2.14. The van der Waals surface area contributed by atoms with Crippen molar-refractivity contribution in [3.8, 4) is 11.5 Å². The molecule has 0 aromatic carbocycles. The van der Waals surface area contributed by atoms with Crippen LogP contribution in [0.2, 0.25) is 10.0 Å². The average Bonchev–Trinajstić information content (AvgIpc) is 2.66. The molecule has 2 N–H and O–H groups in total. The molecule has 0 aliphatic rings. The summed E-state index contributed by atoms with van der Waals surface area (Å²) in [5.74, 6) is -0.553. The lowest BCUT2D eigenvalue weighted by molar-refractivity contribution is 0.0995. The molecule has 0 radical (unpaired) electrons. The molecule has 7 heteroatoms. The van der Waals surface area contributed by atoms with E-state index in [1.807, 2.05) is 0 Å². The van der Waals surface area contributed by atoms with Crippen molar-refractivity contribution in [1.82, 2.24) is 9.97 Å². The van der Waals surface area contributed by atoms with Gasteiger partial charge in [0.15, 0.2) is 5.69 Å². The van der Waals surface area contributed by atoms with Crippen LogP contribution in [0, 0.1) is 0 Å². The SMILES string of the molecule is NC(=O)c1coc(-c2c(Cl)cncc2Cl)n1. The molecule has 0 aliphatic carbocycles. The van der Waals surface area contributed by atoms with E-state index in [-0.39, 0.29) is 21.6 Å². The first kappa shape index (κ1) is 10.9.